The van der Waals surface area contributed by atoms with E-state index in [0.29, 0.717) is 25.9 Å². The van der Waals surface area contributed by atoms with E-state index in [1.165, 1.54) is 5.56 Å². The number of carbonyl (C=O) groups excluding carboxylic acids is 2. The van der Waals surface area contributed by atoms with E-state index in [1.54, 1.807) is 4.90 Å². The molecule has 1 N–H and O–H groups in total. The van der Waals surface area contributed by atoms with Gasteiger partial charge in [-0.3, -0.25) is 9.59 Å². The second-order valence-electron chi connectivity index (χ2n) is 8.17. The van der Waals surface area contributed by atoms with E-state index in [2.05, 4.69) is 5.32 Å². The summed E-state index contributed by atoms with van der Waals surface area (Å²) in [5.41, 5.74) is 4.27. The number of amides is 2. The lowest BCUT2D eigenvalue weighted by molar-refractivity contribution is -0.141. The van der Waals surface area contributed by atoms with Gasteiger partial charge in [-0.25, -0.2) is 0 Å². The van der Waals surface area contributed by atoms with Gasteiger partial charge >= 0.3 is 0 Å². The topological polar surface area (TPSA) is 49.4 Å². The molecule has 0 spiro atoms. The number of hydrogen-bond acceptors (Lipinski definition) is 2. The molecule has 2 amide bonds. The largest absolute Gasteiger partial charge is 0.350 e. The van der Waals surface area contributed by atoms with E-state index in [-0.39, 0.29) is 11.8 Å². The monoisotopic (exact) mass is 428 g/mol. The molecule has 1 atom stereocenters. The summed E-state index contributed by atoms with van der Waals surface area (Å²) in [7, 11) is 0. The fraction of sp³-hybridized carbons (Fsp3) is 0.286. The molecular formula is C28H32N2O2. The molecule has 4 nitrogen and oxygen atoms in total. The van der Waals surface area contributed by atoms with E-state index < -0.39 is 6.04 Å². The van der Waals surface area contributed by atoms with Crippen LogP contribution in [0.1, 0.15) is 42.0 Å². The summed E-state index contributed by atoms with van der Waals surface area (Å²) in [4.78, 5) is 28.3. The number of rotatable bonds is 10. The zero-order chi connectivity index (χ0) is 22.8. The van der Waals surface area contributed by atoms with E-state index >= 15 is 0 Å². The third-order valence-corrected chi connectivity index (χ3v) is 5.52. The van der Waals surface area contributed by atoms with Crippen LogP contribution in [0.25, 0.3) is 0 Å². The number of nitrogens with zero attached hydrogens (tertiary/aromatic N) is 1. The number of carbonyl (C=O) groups is 2. The van der Waals surface area contributed by atoms with Crippen molar-refractivity contribution in [2.45, 2.75) is 52.2 Å². The van der Waals surface area contributed by atoms with Crippen molar-refractivity contribution in [2.75, 3.05) is 0 Å². The molecule has 0 bridgehead atoms. The lowest BCUT2D eigenvalue weighted by Crippen LogP contribution is -2.50. The van der Waals surface area contributed by atoms with Gasteiger partial charge in [0.15, 0.2) is 0 Å². The molecule has 0 fully saturated rings. The summed E-state index contributed by atoms with van der Waals surface area (Å²) in [5, 5.41) is 3.07. The minimum Gasteiger partial charge on any atom is -0.350 e. The first-order valence-corrected chi connectivity index (χ1v) is 11.3. The summed E-state index contributed by atoms with van der Waals surface area (Å²) < 4.78 is 0. The summed E-state index contributed by atoms with van der Waals surface area (Å²) >= 11 is 0. The molecule has 0 heterocycles. The highest BCUT2D eigenvalue weighted by molar-refractivity contribution is 5.88. The van der Waals surface area contributed by atoms with Crippen LogP contribution in [0.3, 0.4) is 0 Å². The Kier molecular flexibility index (Phi) is 8.61. The van der Waals surface area contributed by atoms with Gasteiger partial charge in [-0.1, -0.05) is 97.4 Å². The van der Waals surface area contributed by atoms with Crippen LogP contribution >= 0.6 is 0 Å². The smallest absolute Gasteiger partial charge is 0.243 e. The average molecular weight is 429 g/mol. The van der Waals surface area contributed by atoms with E-state index in [0.717, 1.165) is 23.1 Å². The molecule has 3 aromatic carbocycles. The Balaban J connectivity index is 1.85. The van der Waals surface area contributed by atoms with Gasteiger partial charge in [0, 0.05) is 25.9 Å². The maximum Gasteiger partial charge on any atom is 0.243 e. The summed E-state index contributed by atoms with van der Waals surface area (Å²) in [5.74, 6) is -0.127. The molecule has 0 aliphatic heterocycles. The minimum absolute atomic E-state index is 0.00256. The van der Waals surface area contributed by atoms with Crippen LogP contribution < -0.4 is 5.32 Å². The van der Waals surface area contributed by atoms with Gasteiger partial charge < -0.3 is 10.2 Å². The summed E-state index contributed by atoms with van der Waals surface area (Å²) in [6.07, 6.45) is 1.64. The van der Waals surface area contributed by atoms with E-state index in [4.69, 9.17) is 0 Å². The molecule has 0 aliphatic rings. The lowest BCUT2D eigenvalue weighted by Gasteiger charge is -2.31. The van der Waals surface area contributed by atoms with E-state index in [1.807, 2.05) is 98.8 Å². The SMILES string of the molecule is CCCC(=O)N(Cc1ccccc1)C(Cc1ccccc1)C(=O)NCc1ccc(C)cc1. The van der Waals surface area contributed by atoms with Crippen molar-refractivity contribution in [3.63, 3.8) is 0 Å². The van der Waals surface area contributed by atoms with Gasteiger partial charge in [0.1, 0.15) is 6.04 Å². The van der Waals surface area contributed by atoms with Gasteiger partial charge in [0.05, 0.1) is 0 Å². The minimum atomic E-state index is -0.581. The predicted octanol–water partition coefficient (Wildman–Crippen LogP) is 5.05. The van der Waals surface area contributed by atoms with Crippen molar-refractivity contribution in [3.05, 3.63) is 107 Å². The maximum absolute atomic E-state index is 13.4. The second kappa shape index (κ2) is 11.8. The van der Waals surface area contributed by atoms with Crippen LogP contribution in [-0.4, -0.2) is 22.8 Å². The number of hydrogen-bond donors (Lipinski definition) is 1. The van der Waals surface area contributed by atoms with Crippen molar-refractivity contribution in [1.82, 2.24) is 10.2 Å². The maximum atomic E-state index is 13.4. The highest BCUT2D eigenvalue weighted by Crippen LogP contribution is 2.16. The van der Waals surface area contributed by atoms with Crippen LogP contribution in [0.4, 0.5) is 0 Å². The van der Waals surface area contributed by atoms with E-state index in [9.17, 15) is 9.59 Å². The Labute approximate surface area is 191 Å². The molecule has 4 heteroatoms. The van der Waals surface area contributed by atoms with Crippen molar-refractivity contribution < 1.29 is 9.59 Å². The van der Waals surface area contributed by atoms with Crippen LogP contribution in [0.2, 0.25) is 0 Å². The first-order valence-electron chi connectivity index (χ1n) is 11.3. The fourth-order valence-electron chi connectivity index (χ4n) is 3.70. The third-order valence-electron chi connectivity index (χ3n) is 5.52. The van der Waals surface area contributed by atoms with Gasteiger partial charge in [-0.15, -0.1) is 0 Å². The zero-order valence-corrected chi connectivity index (χ0v) is 19.0. The number of benzene rings is 3. The molecule has 3 rings (SSSR count). The molecular weight excluding hydrogens is 396 g/mol. The Bertz CT molecular complexity index is 985. The molecule has 1 unspecified atom stereocenters. The second-order valence-corrected chi connectivity index (χ2v) is 8.17. The first-order chi connectivity index (χ1) is 15.6. The highest BCUT2D eigenvalue weighted by Gasteiger charge is 2.29. The third kappa shape index (κ3) is 6.81. The van der Waals surface area contributed by atoms with Gasteiger partial charge in [-0.2, -0.15) is 0 Å². The lowest BCUT2D eigenvalue weighted by atomic mass is 10.0. The zero-order valence-electron chi connectivity index (χ0n) is 19.0. The normalized spacial score (nSPS) is 11.6. The van der Waals surface area contributed by atoms with Gasteiger partial charge in [0.25, 0.3) is 0 Å². The van der Waals surface area contributed by atoms with Crippen LogP contribution in [-0.2, 0) is 29.1 Å². The molecule has 0 aromatic heterocycles. The van der Waals surface area contributed by atoms with Gasteiger partial charge in [-0.05, 0) is 30.0 Å². The molecule has 0 radical (unpaired) electrons. The Morgan fingerprint density at radius 3 is 2.00 bits per heavy atom. The molecule has 166 valence electrons. The quantitative estimate of drug-likeness (QED) is 0.491. The highest BCUT2D eigenvalue weighted by atomic mass is 16.2. The van der Waals surface area contributed by atoms with Crippen molar-refractivity contribution in [1.29, 1.82) is 0 Å². The Morgan fingerprint density at radius 1 is 0.812 bits per heavy atom. The first kappa shape index (κ1) is 23.3. The predicted molar refractivity (Wildman–Crippen MR) is 129 cm³/mol. The van der Waals surface area contributed by atoms with Crippen LogP contribution in [0.5, 0.6) is 0 Å². The van der Waals surface area contributed by atoms with Crippen molar-refractivity contribution in [3.8, 4) is 0 Å². The molecule has 0 aliphatic carbocycles. The summed E-state index contributed by atoms with van der Waals surface area (Å²) in [6, 6.07) is 27.3. The molecule has 0 saturated carbocycles. The van der Waals surface area contributed by atoms with Gasteiger partial charge in [0.2, 0.25) is 11.8 Å². The molecule has 0 saturated heterocycles. The van der Waals surface area contributed by atoms with Crippen molar-refractivity contribution in [2.24, 2.45) is 0 Å². The van der Waals surface area contributed by atoms with Crippen LogP contribution in [0.15, 0.2) is 84.9 Å². The molecule has 3 aromatic rings. The fourth-order valence-corrected chi connectivity index (χ4v) is 3.70. The number of nitrogens with one attached hydrogen (secondary N) is 1. The Morgan fingerprint density at radius 2 is 1.41 bits per heavy atom. The summed E-state index contributed by atoms with van der Waals surface area (Å²) in [6.45, 7) is 4.88. The van der Waals surface area contributed by atoms with Crippen LogP contribution in [0, 0.1) is 6.92 Å². The Hall–Kier alpha value is -3.40. The number of aryl methyl sites for hydroxylation is 1. The standard InChI is InChI=1S/C28H32N2O2/c1-3-10-27(31)30(21-25-13-8-5-9-14-25)26(19-23-11-6-4-7-12-23)28(32)29-20-24-17-15-22(2)16-18-24/h4-9,11-18,26H,3,10,19-21H2,1-2H3,(H,29,32). The van der Waals surface area contributed by atoms with Crippen molar-refractivity contribution >= 4 is 11.8 Å². The average Bonchev–Trinajstić information content (AvgIpc) is 2.82. The molecule has 32 heavy (non-hydrogen) atoms.